The highest BCUT2D eigenvalue weighted by atomic mass is 16.5. The molecule has 1 saturated heterocycles. The Balaban J connectivity index is 1.67. The van der Waals surface area contributed by atoms with E-state index in [0.717, 1.165) is 44.4 Å². The average molecular weight is 356 g/mol. The Morgan fingerprint density at radius 2 is 1.96 bits per heavy atom. The lowest BCUT2D eigenvalue weighted by Gasteiger charge is -2.33. The molecule has 2 N–H and O–H groups in total. The first-order valence-corrected chi connectivity index (χ1v) is 9.17. The van der Waals surface area contributed by atoms with E-state index in [1.807, 2.05) is 31.2 Å². The maximum Gasteiger partial charge on any atom is 0.134 e. The van der Waals surface area contributed by atoms with Crippen LogP contribution in [0.25, 0.3) is 0 Å². The van der Waals surface area contributed by atoms with E-state index in [2.05, 4.69) is 39.2 Å². The number of morpholine rings is 1. The summed E-state index contributed by atoms with van der Waals surface area (Å²) >= 11 is 0. The maximum atomic E-state index is 10.4. The molecule has 0 bridgehead atoms. The Morgan fingerprint density at radius 1 is 1.23 bits per heavy atom. The number of anilines is 2. The minimum Gasteiger partial charge on any atom is -0.393 e. The van der Waals surface area contributed by atoms with Crippen LogP contribution >= 0.6 is 0 Å². The number of hydrogen-bond acceptors (Lipinski definition) is 6. The molecule has 3 rings (SSSR count). The summed E-state index contributed by atoms with van der Waals surface area (Å²) in [5.41, 5.74) is 0.917. The van der Waals surface area contributed by atoms with Gasteiger partial charge in [0.15, 0.2) is 0 Å². The monoisotopic (exact) mass is 356 g/mol. The molecule has 26 heavy (non-hydrogen) atoms. The molecule has 6 heteroatoms. The van der Waals surface area contributed by atoms with Gasteiger partial charge in [0, 0.05) is 31.1 Å². The Labute approximate surface area is 155 Å². The molecule has 2 heterocycles. The predicted molar refractivity (Wildman–Crippen MR) is 103 cm³/mol. The Kier molecular flexibility index (Phi) is 6.06. The number of rotatable bonds is 7. The summed E-state index contributed by atoms with van der Waals surface area (Å²) in [5, 5.41) is 13.8. The zero-order valence-corrected chi connectivity index (χ0v) is 15.6. The van der Waals surface area contributed by atoms with Gasteiger partial charge in [0.2, 0.25) is 0 Å². The van der Waals surface area contributed by atoms with Crippen molar-refractivity contribution in [1.29, 1.82) is 0 Å². The molecule has 1 aliphatic heterocycles. The predicted octanol–water partition coefficient (Wildman–Crippen LogP) is 2.35. The molecule has 140 valence electrons. The fraction of sp³-hybridized carbons (Fsp3) is 0.500. The number of aromatic nitrogens is 2. The minimum absolute atomic E-state index is 0.300. The van der Waals surface area contributed by atoms with Gasteiger partial charge in [0.05, 0.1) is 19.3 Å². The zero-order valence-electron chi connectivity index (χ0n) is 15.6. The molecule has 0 saturated carbocycles. The van der Waals surface area contributed by atoms with Crippen LogP contribution in [-0.2, 0) is 11.2 Å². The second-order valence-corrected chi connectivity index (χ2v) is 7.21. The highest BCUT2D eigenvalue weighted by Gasteiger charge is 2.30. The first kappa shape index (κ1) is 18.6. The summed E-state index contributed by atoms with van der Waals surface area (Å²) < 4.78 is 5.40. The number of ether oxygens (including phenoxy) is 1. The van der Waals surface area contributed by atoms with Crippen molar-refractivity contribution in [2.75, 3.05) is 43.1 Å². The van der Waals surface area contributed by atoms with Gasteiger partial charge in [-0.3, -0.25) is 0 Å². The molecule has 0 spiro atoms. The maximum absolute atomic E-state index is 10.4. The molecule has 1 aromatic heterocycles. The van der Waals surface area contributed by atoms with E-state index in [1.165, 1.54) is 5.56 Å². The van der Waals surface area contributed by atoms with Crippen molar-refractivity contribution in [2.24, 2.45) is 5.41 Å². The third-order valence-electron chi connectivity index (χ3n) is 5.12. The van der Waals surface area contributed by atoms with Gasteiger partial charge >= 0.3 is 0 Å². The van der Waals surface area contributed by atoms with Gasteiger partial charge in [-0.15, -0.1) is 0 Å². The van der Waals surface area contributed by atoms with Gasteiger partial charge < -0.3 is 20.1 Å². The molecular formula is C20H28N4O2. The topological polar surface area (TPSA) is 70.5 Å². The SMILES string of the molecule is CC(O)C(C)(CNc1cc(N2CCOCC2)ncn1)Cc1ccccc1. The van der Waals surface area contributed by atoms with Crippen LogP contribution in [0, 0.1) is 5.41 Å². The number of nitrogens with one attached hydrogen (secondary N) is 1. The normalized spacial score (nSPS) is 18.2. The number of hydrogen-bond donors (Lipinski definition) is 2. The number of nitrogens with zero attached hydrogens (tertiary/aromatic N) is 3. The van der Waals surface area contributed by atoms with E-state index in [0.29, 0.717) is 6.54 Å². The Morgan fingerprint density at radius 3 is 2.65 bits per heavy atom. The summed E-state index contributed by atoms with van der Waals surface area (Å²) in [6.45, 7) is 7.71. The van der Waals surface area contributed by atoms with E-state index >= 15 is 0 Å². The molecule has 1 aromatic carbocycles. The van der Waals surface area contributed by atoms with Crippen molar-refractivity contribution < 1.29 is 9.84 Å². The third kappa shape index (κ3) is 4.71. The van der Waals surface area contributed by atoms with Gasteiger partial charge in [-0.05, 0) is 18.9 Å². The van der Waals surface area contributed by atoms with E-state index in [4.69, 9.17) is 4.74 Å². The molecule has 2 aromatic rings. The van der Waals surface area contributed by atoms with E-state index in [1.54, 1.807) is 6.33 Å². The second kappa shape index (κ2) is 8.47. The summed E-state index contributed by atoms with van der Waals surface area (Å²) in [4.78, 5) is 10.9. The van der Waals surface area contributed by atoms with Crippen LogP contribution < -0.4 is 10.2 Å². The first-order valence-electron chi connectivity index (χ1n) is 9.17. The van der Waals surface area contributed by atoms with Gasteiger partial charge in [0.1, 0.15) is 18.0 Å². The van der Waals surface area contributed by atoms with Crippen LogP contribution in [-0.4, -0.2) is 54.0 Å². The van der Waals surface area contributed by atoms with Gasteiger partial charge in [-0.25, -0.2) is 9.97 Å². The van der Waals surface area contributed by atoms with Crippen molar-refractivity contribution >= 4 is 11.6 Å². The largest absolute Gasteiger partial charge is 0.393 e. The smallest absolute Gasteiger partial charge is 0.134 e. The van der Waals surface area contributed by atoms with Crippen molar-refractivity contribution in [3.63, 3.8) is 0 Å². The molecular weight excluding hydrogens is 328 g/mol. The van der Waals surface area contributed by atoms with Gasteiger partial charge in [-0.2, -0.15) is 0 Å². The Bertz CT molecular complexity index is 689. The summed E-state index contributed by atoms with van der Waals surface area (Å²) in [6.07, 6.45) is 1.93. The lowest BCUT2D eigenvalue weighted by molar-refractivity contribution is 0.0619. The molecule has 0 amide bonds. The van der Waals surface area contributed by atoms with Crippen LogP contribution in [0.2, 0.25) is 0 Å². The average Bonchev–Trinajstić information content (AvgIpc) is 2.68. The van der Waals surface area contributed by atoms with Crippen LogP contribution in [0.15, 0.2) is 42.7 Å². The second-order valence-electron chi connectivity index (χ2n) is 7.21. The fourth-order valence-corrected chi connectivity index (χ4v) is 3.12. The molecule has 0 aliphatic carbocycles. The molecule has 1 aliphatic rings. The van der Waals surface area contributed by atoms with Gasteiger partial charge in [-0.1, -0.05) is 37.3 Å². The van der Waals surface area contributed by atoms with Crippen molar-refractivity contribution in [2.45, 2.75) is 26.4 Å². The quantitative estimate of drug-likeness (QED) is 0.794. The molecule has 6 nitrogen and oxygen atoms in total. The highest BCUT2D eigenvalue weighted by Crippen LogP contribution is 2.28. The molecule has 2 atom stereocenters. The minimum atomic E-state index is -0.448. The number of benzene rings is 1. The zero-order chi connectivity index (χ0) is 18.4. The summed E-state index contributed by atoms with van der Waals surface area (Å²) in [5.74, 6) is 1.69. The van der Waals surface area contributed by atoms with E-state index in [9.17, 15) is 5.11 Å². The first-order chi connectivity index (χ1) is 12.6. The molecule has 2 unspecified atom stereocenters. The third-order valence-corrected chi connectivity index (χ3v) is 5.12. The summed E-state index contributed by atoms with van der Waals surface area (Å²) in [6, 6.07) is 12.2. The van der Waals surface area contributed by atoms with Crippen molar-refractivity contribution in [3.05, 3.63) is 48.3 Å². The van der Waals surface area contributed by atoms with E-state index < -0.39 is 6.10 Å². The Hall–Kier alpha value is -2.18. The lowest BCUT2D eigenvalue weighted by atomic mass is 9.79. The van der Waals surface area contributed by atoms with Crippen LogP contribution in [0.3, 0.4) is 0 Å². The fourth-order valence-electron chi connectivity index (χ4n) is 3.12. The van der Waals surface area contributed by atoms with Crippen LogP contribution in [0.1, 0.15) is 19.4 Å². The van der Waals surface area contributed by atoms with Crippen LogP contribution in [0.4, 0.5) is 11.6 Å². The number of aliphatic hydroxyl groups excluding tert-OH is 1. The number of aliphatic hydroxyl groups is 1. The van der Waals surface area contributed by atoms with Crippen molar-refractivity contribution in [1.82, 2.24) is 9.97 Å². The molecule has 0 radical (unpaired) electrons. The van der Waals surface area contributed by atoms with Crippen molar-refractivity contribution in [3.8, 4) is 0 Å². The highest BCUT2D eigenvalue weighted by molar-refractivity contribution is 5.48. The van der Waals surface area contributed by atoms with Crippen LogP contribution in [0.5, 0.6) is 0 Å². The lowest BCUT2D eigenvalue weighted by Crippen LogP contribution is -2.39. The van der Waals surface area contributed by atoms with E-state index in [-0.39, 0.29) is 5.41 Å². The van der Waals surface area contributed by atoms with Gasteiger partial charge in [0.25, 0.3) is 0 Å². The summed E-state index contributed by atoms with van der Waals surface area (Å²) in [7, 11) is 0. The molecule has 1 fully saturated rings. The standard InChI is InChI=1S/C20H28N4O2/c1-16(25)20(2,13-17-6-4-3-5-7-17)14-21-18-12-19(23-15-22-18)24-8-10-26-11-9-24/h3-7,12,15-16,25H,8-11,13-14H2,1-2H3,(H,21,22,23).